The molecular weight excluding hydrogens is 318 g/mol. The Morgan fingerprint density at radius 2 is 2.24 bits per heavy atom. The van der Waals surface area contributed by atoms with Gasteiger partial charge in [0.1, 0.15) is 12.4 Å². The van der Waals surface area contributed by atoms with Crippen molar-refractivity contribution in [2.75, 3.05) is 12.4 Å². The lowest BCUT2D eigenvalue weighted by Crippen LogP contribution is -2.36. The van der Waals surface area contributed by atoms with Gasteiger partial charge in [-0.2, -0.15) is 5.10 Å². The predicted octanol–water partition coefficient (Wildman–Crippen LogP) is 3.03. The van der Waals surface area contributed by atoms with Crippen molar-refractivity contribution < 1.29 is 9.53 Å². The second kappa shape index (κ2) is 8.11. The zero-order valence-corrected chi connectivity index (χ0v) is 14.8. The first-order valence-electron chi connectivity index (χ1n) is 8.79. The van der Waals surface area contributed by atoms with E-state index in [1.54, 1.807) is 7.11 Å². The average molecular weight is 343 g/mol. The number of hydrogen-bond acceptors (Lipinski definition) is 4. The van der Waals surface area contributed by atoms with Gasteiger partial charge in [-0.25, -0.2) is 14.5 Å². The number of aromatic nitrogens is 3. The fourth-order valence-electron chi connectivity index (χ4n) is 3.17. The molecule has 1 aromatic heterocycles. The quantitative estimate of drug-likeness (QED) is 0.845. The summed E-state index contributed by atoms with van der Waals surface area (Å²) >= 11 is 0. The lowest BCUT2D eigenvalue weighted by Gasteiger charge is -2.23. The van der Waals surface area contributed by atoms with Crippen LogP contribution in [0.1, 0.15) is 49.4 Å². The van der Waals surface area contributed by atoms with Crippen molar-refractivity contribution in [3.05, 3.63) is 41.5 Å². The van der Waals surface area contributed by atoms with Gasteiger partial charge in [0.25, 0.3) is 0 Å². The summed E-state index contributed by atoms with van der Waals surface area (Å²) in [6.07, 6.45) is 3.79. The van der Waals surface area contributed by atoms with Gasteiger partial charge in [-0.1, -0.05) is 31.5 Å². The van der Waals surface area contributed by atoms with Gasteiger partial charge in [0.2, 0.25) is 0 Å². The highest BCUT2D eigenvalue weighted by Gasteiger charge is 2.25. The van der Waals surface area contributed by atoms with E-state index in [9.17, 15) is 4.79 Å². The van der Waals surface area contributed by atoms with Crippen LogP contribution in [-0.2, 0) is 24.3 Å². The fourth-order valence-corrected chi connectivity index (χ4v) is 3.17. The first-order valence-corrected chi connectivity index (χ1v) is 8.79. The third-order valence-corrected chi connectivity index (χ3v) is 4.28. The summed E-state index contributed by atoms with van der Waals surface area (Å²) in [5.74, 6) is 1.45. The smallest absolute Gasteiger partial charge is 0.319 e. The van der Waals surface area contributed by atoms with E-state index in [0.717, 1.165) is 49.3 Å². The molecule has 1 atom stereocenters. The summed E-state index contributed by atoms with van der Waals surface area (Å²) in [6.45, 7) is 3.33. The Morgan fingerprint density at radius 3 is 3.04 bits per heavy atom. The summed E-state index contributed by atoms with van der Waals surface area (Å²) in [6, 6.07) is 7.57. The Hall–Kier alpha value is -2.41. The number of aryl methyl sites for hydroxylation is 2. The van der Waals surface area contributed by atoms with E-state index >= 15 is 0 Å². The van der Waals surface area contributed by atoms with E-state index in [-0.39, 0.29) is 12.1 Å². The van der Waals surface area contributed by atoms with Crippen LogP contribution in [0, 0.1) is 0 Å². The molecule has 0 bridgehead atoms. The number of fused-ring (bicyclic) bond motifs is 1. The van der Waals surface area contributed by atoms with Crippen LogP contribution in [0.25, 0.3) is 0 Å². The van der Waals surface area contributed by atoms with E-state index < -0.39 is 0 Å². The van der Waals surface area contributed by atoms with Crippen molar-refractivity contribution in [3.8, 4) is 0 Å². The van der Waals surface area contributed by atoms with Crippen LogP contribution in [0.4, 0.5) is 10.5 Å². The lowest BCUT2D eigenvalue weighted by molar-refractivity contribution is 0.177. The van der Waals surface area contributed by atoms with Gasteiger partial charge in [-0.3, -0.25) is 0 Å². The number of methoxy groups -OCH3 is 1. The Kier molecular flexibility index (Phi) is 5.65. The molecule has 0 fully saturated rings. The number of urea groups is 1. The second-order valence-electron chi connectivity index (χ2n) is 6.24. The van der Waals surface area contributed by atoms with Gasteiger partial charge in [0.05, 0.1) is 6.04 Å². The number of nitrogens with zero attached hydrogens (tertiary/aromatic N) is 3. The molecule has 0 saturated carbocycles. The maximum Gasteiger partial charge on any atom is 0.319 e. The van der Waals surface area contributed by atoms with Crippen LogP contribution in [0.15, 0.2) is 24.3 Å². The number of carbonyl (C=O) groups is 1. The number of nitrogens with one attached hydrogen (secondary N) is 2. The minimum absolute atomic E-state index is 0.134. The summed E-state index contributed by atoms with van der Waals surface area (Å²) in [4.78, 5) is 17.0. The van der Waals surface area contributed by atoms with Gasteiger partial charge < -0.3 is 15.4 Å². The lowest BCUT2D eigenvalue weighted by atomic mass is 10.1. The molecule has 0 saturated heterocycles. The maximum atomic E-state index is 12.5. The molecule has 1 aliphatic heterocycles. The van der Waals surface area contributed by atoms with Crippen LogP contribution in [-0.4, -0.2) is 27.9 Å². The second-order valence-corrected chi connectivity index (χ2v) is 6.24. The highest BCUT2D eigenvalue weighted by Crippen LogP contribution is 2.24. The molecule has 1 aromatic carbocycles. The highest BCUT2D eigenvalue weighted by atomic mass is 16.5. The Bertz CT molecular complexity index is 728. The summed E-state index contributed by atoms with van der Waals surface area (Å²) in [7, 11) is 1.62. The fraction of sp³-hybridized carbons (Fsp3) is 0.500. The predicted molar refractivity (Wildman–Crippen MR) is 95.3 cm³/mol. The van der Waals surface area contributed by atoms with Crippen molar-refractivity contribution >= 4 is 11.7 Å². The number of hydrogen-bond donors (Lipinski definition) is 2. The van der Waals surface area contributed by atoms with Gasteiger partial charge in [-0.15, -0.1) is 0 Å². The Morgan fingerprint density at radius 1 is 1.40 bits per heavy atom. The first kappa shape index (κ1) is 17.4. The molecule has 7 heteroatoms. The standard InChI is InChI=1S/C18H25N5O2/c1-3-7-13-8-4-5-9-14(13)19-18(24)20-15-10-6-11-23-17(15)21-16(22-23)12-25-2/h4-5,8-9,15H,3,6-7,10-12H2,1-2H3,(H2,19,20,24)/t15-/m1/s1. The van der Waals surface area contributed by atoms with E-state index in [4.69, 9.17) is 4.74 Å². The van der Waals surface area contributed by atoms with Crippen molar-refractivity contribution in [3.63, 3.8) is 0 Å². The number of rotatable bonds is 6. The van der Waals surface area contributed by atoms with Gasteiger partial charge >= 0.3 is 6.03 Å². The number of anilines is 1. The van der Waals surface area contributed by atoms with Gasteiger partial charge in [-0.05, 0) is 30.9 Å². The molecule has 0 radical (unpaired) electrons. The molecule has 3 rings (SSSR count). The number of benzene rings is 1. The van der Waals surface area contributed by atoms with Crippen molar-refractivity contribution in [1.82, 2.24) is 20.1 Å². The topological polar surface area (TPSA) is 81.1 Å². The molecule has 2 amide bonds. The molecule has 2 heterocycles. The van der Waals surface area contributed by atoms with E-state index in [2.05, 4.69) is 27.6 Å². The van der Waals surface area contributed by atoms with Crippen LogP contribution in [0.2, 0.25) is 0 Å². The van der Waals surface area contributed by atoms with Gasteiger partial charge in [0.15, 0.2) is 5.82 Å². The third kappa shape index (κ3) is 4.17. The van der Waals surface area contributed by atoms with Crippen LogP contribution in [0.5, 0.6) is 0 Å². The first-order chi connectivity index (χ1) is 12.2. The normalized spacial score (nSPS) is 16.3. The molecule has 0 aliphatic carbocycles. The molecule has 2 N–H and O–H groups in total. The summed E-state index contributed by atoms with van der Waals surface area (Å²) < 4.78 is 6.97. The average Bonchev–Trinajstić information content (AvgIpc) is 3.01. The molecule has 1 aliphatic rings. The minimum atomic E-state index is -0.210. The molecular formula is C18H25N5O2. The Labute approximate surface area is 147 Å². The van der Waals surface area contributed by atoms with E-state index in [0.29, 0.717) is 12.4 Å². The largest absolute Gasteiger partial charge is 0.377 e. The van der Waals surface area contributed by atoms with Crippen LogP contribution < -0.4 is 10.6 Å². The van der Waals surface area contributed by atoms with Crippen molar-refractivity contribution in [2.24, 2.45) is 0 Å². The maximum absolute atomic E-state index is 12.5. The SMILES string of the molecule is CCCc1ccccc1NC(=O)N[C@@H]1CCCn2nc(COC)nc21. The van der Waals surface area contributed by atoms with Crippen molar-refractivity contribution in [1.29, 1.82) is 0 Å². The molecule has 2 aromatic rings. The molecule has 0 unspecified atom stereocenters. The highest BCUT2D eigenvalue weighted by molar-refractivity contribution is 5.90. The van der Waals surface area contributed by atoms with Crippen molar-refractivity contribution in [2.45, 2.75) is 51.8 Å². The number of para-hydroxylation sites is 1. The summed E-state index contributed by atoms with van der Waals surface area (Å²) in [5.41, 5.74) is 2.01. The summed E-state index contributed by atoms with van der Waals surface area (Å²) in [5, 5.41) is 10.4. The molecule has 0 spiro atoms. The number of carbonyl (C=O) groups excluding carboxylic acids is 1. The zero-order chi connectivity index (χ0) is 17.6. The molecule has 25 heavy (non-hydrogen) atoms. The van der Waals surface area contributed by atoms with E-state index in [1.807, 2.05) is 28.9 Å². The molecule has 134 valence electrons. The molecule has 7 nitrogen and oxygen atoms in total. The van der Waals surface area contributed by atoms with Crippen LogP contribution in [0.3, 0.4) is 0 Å². The third-order valence-electron chi connectivity index (χ3n) is 4.28. The number of amides is 2. The van der Waals surface area contributed by atoms with E-state index in [1.165, 1.54) is 0 Å². The number of ether oxygens (including phenoxy) is 1. The van der Waals surface area contributed by atoms with Gasteiger partial charge in [0, 0.05) is 19.3 Å². The Balaban J connectivity index is 1.68. The van der Waals surface area contributed by atoms with Crippen LogP contribution >= 0.6 is 0 Å². The minimum Gasteiger partial charge on any atom is -0.377 e. The zero-order valence-electron chi connectivity index (χ0n) is 14.8. The monoisotopic (exact) mass is 343 g/mol.